The van der Waals surface area contributed by atoms with E-state index >= 15 is 0 Å². The highest BCUT2D eigenvalue weighted by Gasteiger charge is 2.31. The van der Waals surface area contributed by atoms with Crippen molar-refractivity contribution in [1.82, 2.24) is 4.72 Å². The number of aliphatic carboxylic acids is 1. The lowest BCUT2D eigenvalue weighted by Crippen LogP contribution is -2.41. The van der Waals surface area contributed by atoms with Gasteiger partial charge in [-0.2, -0.15) is 13.2 Å². The lowest BCUT2D eigenvalue weighted by atomic mass is 9.86. The average molecular weight is 317 g/mol. The first-order valence-corrected chi connectivity index (χ1v) is 8.04. The van der Waals surface area contributed by atoms with Gasteiger partial charge in [-0.3, -0.25) is 4.79 Å². The van der Waals surface area contributed by atoms with Crippen LogP contribution < -0.4 is 4.72 Å². The van der Waals surface area contributed by atoms with Gasteiger partial charge in [0.2, 0.25) is 10.0 Å². The van der Waals surface area contributed by atoms with Crippen LogP contribution in [0.2, 0.25) is 0 Å². The lowest BCUT2D eigenvalue weighted by molar-refractivity contribution is -0.143. The summed E-state index contributed by atoms with van der Waals surface area (Å²) < 4.78 is 61.4. The highest BCUT2D eigenvalue weighted by molar-refractivity contribution is 7.89. The molecular formula is C11H18F3NO4S. The molecule has 0 radical (unpaired) electrons. The Kier molecular flexibility index (Phi) is 5.81. The van der Waals surface area contributed by atoms with Gasteiger partial charge < -0.3 is 5.11 Å². The minimum atomic E-state index is -4.37. The Labute approximate surface area is 115 Å². The summed E-state index contributed by atoms with van der Waals surface area (Å²) in [5, 5.41) is 8.88. The van der Waals surface area contributed by atoms with Crippen LogP contribution in [0.3, 0.4) is 0 Å². The number of hydrogen-bond donors (Lipinski definition) is 2. The third-order valence-corrected chi connectivity index (χ3v) is 4.76. The number of alkyl halides is 3. The van der Waals surface area contributed by atoms with Gasteiger partial charge in [-0.25, -0.2) is 13.1 Å². The first-order valence-electron chi connectivity index (χ1n) is 6.38. The third-order valence-electron chi connectivity index (χ3n) is 3.24. The van der Waals surface area contributed by atoms with Crippen molar-refractivity contribution in [3.05, 3.63) is 0 Å². The van der Waals surface area contributed by atoms with E-state index in [0.29, 0.717) is 19.3 Å². The van der Waals surface area contributed by atoms with Crippen molar-refractivity contribution in [3.63, 3.8) is 0 Å². The van der Waals surface area contributed by atoms with E-state index in [0.717, 1.165) is 0 Å². The van der Waals surface area contributed by atoms with Crippen LogP contribution in [0.25, 0.3) is 0 Å². The summed E-state index contributed by atoms with van der Waals surface area (Å²) in [5.41, 5.74) is 0. The van der Waals surface area contributed by atoms with Crippen molar-refractivity contribution in [2.75, 3.05) is 5.75 Å². The molecule has 9 heteroatoms. The molecule has 2 N–H and O–H groups in total. The Morgan fingerprint density at radius 2 is 1.95 bits per heavy atom. The molecule has 0 aromatic carbocycles. The molecule has 0 saturated heterocycles. The number of nitrogens with one attached hydrogen (secondary N) is 1. The minimum Gasteiger partial charge on any atom is -0.481 e. The van der Waals surface area contributed by atoms with Crippen LogP contribution in [0.5, 0.6) is 0 Å². The Morgan fingerprint density at radius 3 is 2.50 bits per heavy atom. The molecule has 2 unspecified atom stereocenters. The highest BCUT2D eigenvalue weighted by atomic mass is 32.2. The van der Waals surface area contributed by atoms with Crippen LogP contribution in [0.1, 0.15) is 38.5 Å². The summed E-state index contributed by atoms with van der Waals surface area (Å²) in [5.74, 6) is -2.15. The molecule has 1 fully saturated rings. The first kappa shape index (κ1) is 17.2. The van der Waals surface area contributed by atoms with Crippen LogP contribution in [0, 0.1) is 5.92 Å². The molecule has 0 aliphatic heterocycles. The lowest BCUT2D eigenvalue weighted by Gasteiger charge is -2.27. The topological polar surface area (TPSA) is 83.5 Å². The molecule has 0 heterocycles. The van der Waals surface area contributed by atoms with E-state index in [9.17, 15) is 26.4 Å². The largest absolute Gasteiger partial charge is 0.481 e. The molecule has 0 aromatic rings. The van der Waals surface area contributed by atoms with E-state index in [4.69, 9.17) is 5.11 Å². The highest BCUT2D eigenvalue weighted by Crippen LogP contribution is 2.25. The van der Waals surface area contributed by atoms with Crippen molar-refractivity contribution in [2.45, 2.75) is 50.7 Å². The maximum Gasteiger partial charge on any atom is 0.389 e. The van der Waals surface area contributed by atoms with Crippen LogP contribution in [-0.2, 0) is 14.8 Å². The number of hydrogen-bond acceptors (Lipinski definition) is 3. The maximum atomic E-state index is 11.9. The Balaban J connectivity index is 2.43. The van der Waals surface area contributed by atoms with E-state index < -0.39 is 52.7 Å². The van der Waals surface area contributed by atoms with Gasteiger partial charge in [0.1, 0.15) is 0 Å². The van der Waals surface area contributed by atoms with Gasteiger partial charge in [0.25, 0.3) is 0 Å². The molecular weight excluding hydrogens is 299 g/mol. The molecule has 20 heavy (non-hydrogen) atoms. The van der Waals surface area contributed by atoms with Gasteiger partial charge in [-0.15, -0.1) is 0 Å². The number of carboxylic acid groups (broad SMARTS) is 1. The van der Waals surface area contributed by atoms with Crippen molar-refractivity contribution < 1.29 is 31.5 Å². The van der Waals surface area contributed by atoms with Gasteiger partial charge in [-0.1, -0.05) is 6.42 Å². The number of carbonyl (C=O) groups is 1. The summed E-state index contributed by atoms with van der Waals surface area (Å²) in [6.07, 6.45) is -4.20. The van der Waals surface area contributed by atoms with E-state index in [-0.39, 0.29) is 6.42 Å². The maximum absolute atomic E-state index is 11.9. The standard InChI is InChI=1S/C11H18F3NO4S/c12-11(13,14)5-2-6-20(18,19)15-9-4-1-3-8(7-9)10(16)17/h8-9,15H,1-7H2,(H,16,17). The van der Waals surface area contributed by atoms with Gasteiger partial charge >= 0.3 is 12.1 Å². The van der Waals surface area contributed by atoms with Crippen molar-refractivity contribution in [1.29, 1.82) is 0 Å². The summed E-state index contributed by atoms with van der Waals surface area (Å²) in [6, 6.07) is -0.499. The van der Waals surface area contributed by atoms with Crippen molar-refractivity contribution in [2.24, 2.45) is 5.92 Å². The van der Waals surface area contributed by atoms with Gasteiger partial charge in [0, 0.05) is 12.5 Å². The van der Waals surface area contributed by atoms with Crippen molar-refractivity contribution >= 4 is 16.0 Å². The predicted molar refractivity (Wildman–Crippen MR) is 65.6 cm³/mol. The number of rotatable bonds is 6. The quantitative estimate of drug-likeness (QED) is 0.783. The SMILES string of the molecule is O=C(O)C1CCCC(NS(=O)(=O)CCCC(F)(F)F)C1. The van der Waals surface area contributed by atoms with Gasteiger partial charge in [0.05, 0.1) is 11.7 Å². The molecule has 0 spiro atoms. The molecule has 1 aliphatic rings. The normalized spacial score (nSPS) is 24.6. The molecule has 1 rings (SSSR count). The third kappa shape index (κ3) is 6.56. The fourth-order valence-corrected chi connectivity index (χ4v) is 3.66. The Bertz CT molecular complexity index is 435. The molecule has 0 amide bonds. The molecule has 1 saturated carbocycles. The Hall–Kier alpha value is -0.830. The van der Waals surface area contributed by atoms with Gasteiger partial charge in [0.15, 0.2) is 0 Å². The van der Waals surface area contributed by atoms with Crippen LogP contribution >= 0.6 is 0 Å². The number of carboxylic acids is 1. The molecule has 1 aliphatic carbocycles. The summed E-state index contributed by atoms with van der Waals surface area (Å²) >= 11 is 0. The second-order valence-corrected chi connectivity index (χ2v) is 6.93. The summed E-state index contributed by atoms with van der Waals surface area (Å²) in [7, 11) is -3.80. The van der Waals surface area contributed by atoms with Crippen LogP contribution in [0.4, 0.5) is 13.2 Å². The molecule has 0 bridgehead atoms. The molecule has 5 nitrogen and oxygen atoms in total. The summed E-state index contributed by atoms with van der Waals surface area (Å²) in [6.45, 7) is 0. The zero-order chi connectivity index (χ0) is 15.4. The molecule has 0 aromatic heterocycles. The summed E-state index contributed by atoms with van der Waals surface area (Å²) in [4.78, 5) is 10.8. The monoisotopic (exact) mass is 317 g/mol. The predicted octanol–water partition coefficient (Wildman–Crippen LogP) is 1.89. The average Bonchev–Trinajstić information content (AvgIpc) is 2.26. The fraction of sp³-hybridized carbons (Fsp3) is 0.909. The number of halogens is 3. The molecule has 118 valence electrons. The minimum absolute atomic E-state index is 0.188. The van der Waals surface area contributed by atoms with Gasteiger partial charge in [-0.05, 0) is 25.7 Å². The number of sulfonamides is 1. The van der Waals surface area contributed by atoms with Crippen LogP contribution in [0.15, 0.2) is 0 Å². The van der Waals surface area contributed by atoms with Crippen molar-refractivity contribution in [3.8, 4) is 0 Å². The molecule has 2 atom stereocenters. The smallest absolute Gasteiger partial charge is 0.389 e. The Morgan fingerprint density at radius 1 is 1.30 bits per heavy atom. The fourth-order valence-electron chi connectivity index (χ4n) is 2.30. The zero-order valence-corrected chi connectivity index (χ0v) is 11.6. The second-order valence-electron chi connectivity index (χ2n) is 5.05. The van der Waals surface area contributed by atoms with E-state index in [1.165, 1.54) is 0 Å². The van der Waals surface area contributed by atoms with Crippen LogP contribution in [-0.4, -0.2) is 37.5 Å². The van der Waals surface area contributed by atoms with E-state index in [1.54, 1.807) is 0 Å². The first-order chi connectivity index (χ1) is 9.09. The second kappa shape index (κ2) is 6.75. The zero-order valence-electron chi connectivity index (χ0n) is 10.8. The van der Waals surface area contributed by atoms with E-state index in [1.807, 2.05) is 0 Å². The van der Waals surface area contributed by atoms with E-state index in [2.05, 4.69) is 4.72 Å².